The van der Waals surface area contributed by atoms with Crippen LogP contribution in [0.2, 0.25) is 0 Å². The Morgan fingerprint density at radius 2 is 2.12 bits per heavy atom. The number of rotatable bonds is 2. The highest BCUT2D eigenvalue weighted by atomic mass is 79.9. The molecule has 86 valence electrons. The molecule has 1 rings (SSSR count). The molecule has 0 atom stereocenters. The Kier molecular flexibility index (Phi) is 3.83. The summed E-state index contributed by atoms with van der Waals surface area (Å²) in [6.45, 7) is 0. The van der Waals surface area contributed by atoms with Crippen LogP contribution in [0.4, 0.5) is 8.78 Å². The predicted octanol–water partition coefficient (Wildman–Crippen LogP) is 2.58. The molecule has 0 unspecified atom stereocenters. The molecule has 16 heavy (non-hydrogen) atoms. The third kappa shape index (κ3) is 2.48. The fraction of sp³-hybridized carbons (Fsp3) is 0.143. The summed E-state index contributed by atoms with van der Waals surface area (Å²) in [7, 11) is 0.626. The van der Waals surface area contributed by atoms with E-state index in [1.165, 1.54) is 0 Å². The van der Waals surface area contributed by atoms with Gasteiger partial charge in [-0.15, -0.1) is 0 Å². The van der Waals surface area contributed by atoms with Gasteiger partial charge in [0.2, 0.25) is 0 Å². The van der Waals surface area contributed by atoms with Crippen LogP contribution in [-0.2, 0) is 9.05 Å². The van der Waals surface area contributed by atoms with Crippen LogP contribution in [0, 0.1) is 11.3 Å². The Labute approximate surface area is 102 Å². The molecule has 1 aromatic rings. The minimum Gasteiger partial charge on any atom is -0.244 e. The van der Waals surface area contributed by atoms with E-state index in [1.54, 1.807) is 6.07 Å². The van der Waals surface area contributed by atoms with Crippen molar-refractivity contribution < 1.29 is 17.2 Å². The average molecular weight is 332 g/mol. The first-order valence-electron chi connectivity index (χ1n) is 3.60. The van der Waals surface area contributed by atoms with Gasteiger partial charge in [-0.05, 0) is 15.9 Å². The molecule has 1 aromatic heterocycles. The second-order valence-electron chi connectivity index (χ2n) is 2.56. The first-order valence-corrected chi connectivity index (χ1v) is 6.70. The minimum absolute atomic E-state index is 0.330. The normalized spacial score (nSPS) is 11.5. The summed E-state index contributed by atoms with van der Waals surface area (Å²) in [5.41, 5.74) is -1.18. The van der Waals surface area contributed by atoms with Gasteiger partial charge in [0.15, 0.2) is 5.69 Å². The van der Waals surface area contributed by atoms with Crippen molar-refractivity contribution in [1.29, 1.82) is 5.26 Å². The predicted molar refractivity (Wildman–Crippen MR) is 54.6 cm³/mol. The van der Waals surface area contributed by atoms with Gasteiger partial charge in [-0.25, -0.2) is 22.2 Å². The van der Waals surface area contributed by atoms with Crippen molar-refractivity contribution >= 4 is 35.7 Å². The Morgan fingerprint density at radius 1 is 1.56 bits per heavy atom. The summed E-state index contributed by atoms with van der Waals surface area (Å²) in [4.78, 5) is 2.56. The monoisotopic (exact) mass is 330 g/mol. The van der Waals surface area contributed by atoms with Gasteiger partial charge in [0.1, 0.15) is 11.0 Å². The zero-order chi connectivity index (χ0) is 12.5. The van der Waals surface area contributed by atoms with Crippen LogP contribution in [0.15, 0.2) is 15.6 Å². The lowest BCUT2D eigenvalue weighted by Crippen LogP contribution is -2.03. The first-order chi connectivity index (χ1) is 7.29. The average Bonchev–Trinajstić information content (AvgIpc) is 2.14. The number of hydrogen-bond donors (Lipinski definition) is 0. The lowest BCUT2D eigenvalue weighted by Gasteiger charge is -2.08. The first kappa shape index (κ1) is 13.3. The zero-order valence-corrected chi connectivity index (χ0v) is 10.4. The zero-order valence-electron chi connectivity index (χ0n) is 7.29. The molecule has 1 heterocycles. The van der Waals surface area contributed by atoms with Crippen molar-refractivity contribution in [2.24, 2.45) is 0 Å². The van der Waals surface area contributed by atoms with E-state index in [0.717, 1.165) is 0 Å². The summed E-state index contributed by atoms with van der Waals surface area (Å²) < 4.78 is 46.9. The number of nitrogens with zero attached hydrogens (tertiary/aromatic N) is 2. The Bertz CT molecular complexity index is 570. The Hall–Kier alpha value is -0.780. The second-order valence-corrected chi connectivity index (χ2v) is 5.85. The van der Waals surface area contributed by atoms with Crippen LogP contribution in [0.5, 0.6) is 0 Å². The quantitative estimate of drug-likeness (QED) is 0.781. The smallest absolute Gasteiger partial charge is 0.244 e. The van der Waals surface area contributed by atoms with Crippen LogP contribution in [0.3, 0.4) is 0 Å². The molecule has 9 heteroatoms. The molecule has 0 saturated carbocycles. The topological polar surface area (TPSA) is 70.8 Å². The number of aromatic nitrogens is 1. The standard InChI is InChI=1S/C7H2BrClF2N2O2S/c8-5-4(1-12)13-2-3(7(10)11)6(5)16(9,14)15/h2,7H. The van der Waals surface area contributed by atoms with Gasteiger partial charge in [-0.3, -0.25) is 0 Å². The van der Waals surface area contributed by atoms with Gasteiger partial charge in [-0.2, -0.15) is 5.26 Å². The Morgan fingerprint density at radius 3 is 2.50 bits per heavy atom. The number of pyridine rings is 1. The molecule has 0 saturated heterocycles. The molecular weight excluding hydrogens is 330 g/mol. The van der Waals surface area contributed by atoms with Crippen LogP contribution in [0.25, 0.3) is 0 Å². The van der Waals surface area contributed by atoms with E-state index in [4.69, 9.17) is 15.9 Å². The summed E-state index contributed by atoms with van der Waals surface area (Å²) >= 11 is 2.71. The highest BCUT2D eigenvalue weighted by molar-refractivity contribution is 9.10. The van der Waals surface area contributed by atoms with Crippen molar-refractivity contribution in [2.45, 2.75) is 11.3 Å². The largest absolute Gasteiger partial charge is 0.266 e. The lowest BCUT2D eigenvalue weighted by molar-refractivity contribution is 0.147. The summed E-state index contributed by atoms with van der Waals surface area (Å²) in [6.07, 6.45) is -2.44. The third-order valence-corrected chi connectivity index (χ3v) is 4.01. The van der Waals surface area contributed by atoms with Crippen molar-refractivity contribution in [1.82, 2.24) is 4.98 Å². The molecule has 0 bridgehead atoms. The highest BCUT2D eigenvalue weighted by Gasteiger charge is 2.27. The van der Waals surface area contributed by atoms with E-state index in [-0.39, 0.29) is 10.2 Å². The number of hydrogen-bond acceptors (Lipinski definition) is 4. The summed E-state index contributed by atoms with van der Waals surface area (Å²) in [5, 5.41) is 8.57. The van der Waals surface area contributed by atoms with E-state index in [1.807, 2.05) is 0 Å². The maximum atomic E-state index is 12.5. The molecule has 0 spiro atoms. The molecule has 0 amide bonds. The molecule has 0 fully saturated rings. The second kappa shape index (κ2) is 4.61. The maximum absolute atomic E-state index is 12.5. The minimum atomic E-state index is -4.39. The molecule has 0 aliphatic carbocycles. The third-order valence-electron chi connectivity index (χ3n) is 1.59. The van der Waals surface area contributed by atoms with Gasteiger partial charge < -0.3 is 0 Å². The van der Waals surface area contributed by atoms with Gasteiger partial charge >= 0.3 is 0 Å². The SMILES string of the molecule is N#Cc1ncc(C(F)F)c(S(=O)(=O)Cl)c1Br. The van der Waals surface area contributed by atoms with Crippen LogP contribution in [0.1, 0.15) is 17.7 Å². The fourth-order valence-corrected chi connectivity index (χ4v) is 3.54. The fourth-order valence-electron chi connectivity index (χ4n) is 0.965. The molecule has 0 aliphatic heterocycles. The number of alkyl halides is 2. The van der Waals surface area contributed by atoms with E-state index in [0.29, 0.717) is 6.20 Å². The Balaban J connectivity index is 3.72. The lowest BCUT2D eigenvalue weighted by atomic mass is 10.2. The van der Waals surface area contributed by atoms with Crippen molar-refractivity contribution in [3.05, 3.63) is 21.9 Å². The van der Waals surface area contributed by atoms with Crippen molar-refractivity contribution in [3.8, 4) is 6.07 Å². The number of halogens is 4. The number of nitriles is 1. The highest BCUT2D eigenvalue weighted by Crippen LogP contribution is 2.35. The molecule has 0 radical (unpaired) electrons. The molecule has 0 aromatic carbocycles. The summed E-state index contributed by atoms with van der Waals surface area (Å²) in [5.74, 6) is 0. The van der Waals surface area contributed by atoms with Gasteiger partial charge in [0.05, 0.1) is 10.0 Å². The van der Waals surface area contributed by atoms with E-state index in [9.17, 15) is 17.2 Å². The van der Waals surface area contributed by atoms with Crippen LogP contribution >= 0.6 is 26.6 Å². The van der Waals surface area contributed by atoms with Crippen molar-refractivity contribution in [3.63, 3.8) is 0 Å². The molecule has 0 N–H and O–H groups in total. The van der Waals surface area contributed by atoms with Gasteiger partial charge in [0.25, 0.3) is 15.5 Å². The molecular formula is C7H2BrClF2N2O2S. The molecule has 0 aliphatic rings. The molecule has 4 nitrogen and oxygen atoms in total. The van der Waals surface area contributed by atoms with Gasteiger partial charge in [0, 0.05) is 16.9 Å². The van der Waals surface area contributed by atoms with Crippen molar-refractivity contribution in [2.75, 3.05) is 0 Å². The van der Waals surface area contributed by atoms with E-state index < -0.39 is 25.9 Å². The van der Waals surface area contributed by atoms with E-state index >= 15 is 0 Å². The van der Waals surface area contributed by atoms with Crippen LogP contribution < -0.4 is 0 Å². The van der Waals surface area contributed by atoms with E-state index in [2.05, 4.69) is 20.9 Å². The van der Waals surface area contributed by atoms with Crippen LogP contribution in [-0.4, -0.2) is 13.4 Å². The maximum Gasteiger partial charge on any atom is 0.266 e. The summed E-state index contributed by atoms with van der Waals surface area (Å²) in [6, 6.07) is 1.55. The van der Waals surface area contributed by atoms with Gasteiger partial charge in [-0.1, -0.05) is 0 Å².